The van der Waals surface area contributed by atoms with E-state index in [1.807, 2.05) is 44.3 Å². The van der Waals surface area contributed by atoms with Gasteiger partial charge in [-0.05, 0) is 92.8 Å². The number of carbonyl (C=O) groups excluding carboxylic acids is 2. The molecule has 0 saturated carbocycles. The predicted octanol–water partition coefficient (Wildman–Crippen LogP) is 8.60. The van der Waals surface area contributed by atoms with Crippen molar-refractivity contribution in [2.24, 2.45) is 13.0 Å². The topological polar surface area (TPSA) is 57.5 Å². The maximum atomic E-state index is 13.6. The first-order valence-corrected chi connectivity index (χ1v) is 15.5. The van der Waals surface area contributed by atoms with Gasteiger partial charge in [-0.3, -0.25) is 9.59 Å². The minimum Gasteiger partial charge on any atom is -0.486 e. The number of carbonyl (C=O) groups is 2. The van der Waals surface area contributed by atoms with Crippen LogP contribution in [0.5, 0.6) is 5.75 Å². The van der Waals surface area contributed by atoms with Crippen LogP contribution in [0.4, 0.5) is 0 Å². The predicted molar refractivity (Wildman–Crippen MR) is 167 cm³/mol. The minimum atomic E-state index is -0.174. The van der Waals surface area contributed by atoms with Crippen molar-refractivity contribution in [1.29, 1.82) is 0 Å². The Labute approximate surface area is 247 Å². The second kappa shape index (κ2) is 16.2. The number of nitrogens with zero attached hydrogens (tertiary/aromatic N) is 1. The van der Waals surface area contributed by atoms with E-state index in [0.29, 0.717) is 30.9 Å². The van der Waals surface area contributed by atoms with Crippen molar-refractivity contribution in [1.82, 2.24) is 4.57 Å². The Bertz CT molecular complexity index is 1240. The summed E-state index contributed by atoms with van der Waals surface area (Å²) in [4.78, 5) is 25.3. The highest BCUT2D eigenvalue weighted by atomic mass is 16.5. The lowest BCUT2D eigenvalue weighted by Gasteiger charge is -2.20. The molecule has 0 radical (unpaired) electrons. The van der Waals surface area contributed by atoms with Crippen LogP contribution >= 0.6 is 0 Å². The molecule has 3 rings (SSSR count). The van der Waals surface area contributed by atoms with Gasteiger partial charge >= 0.3 is 5.97 Å². The highest BCUT2D eigenvalue weighted by Gasteiger charge is 2.20. The molecule has 0 aliphatic rings. The van der Waals surface area contributed by atoms with Gasteiger partial charge in [0, 0.05) is 36.0 Å². The average molecular weight is 560 g/mol. The molecule has 1 unspecified atom stereocenters. The van der Waals surface area contributed by atoms with Gasteiger partial charge in [-0.25, -0.2) is 0 Å². The fourth-order valence-corrected chi connectivity index (χ4v) is 5.43. The fraction of sp³-hybridized carbons (Fsp3) is 0.500. The largest absolute Gasteiger partial charge is 0.486 e. The van der Waals surface area contributed by atoms with Crippen molar-refractivity contribution in [3.63, 3.8) is 0 Å². The minimum absolute atomic E-state index is 0.0147. The lowest BCUT2D eigenvalue weighted by atomic mass is 9.98. The summed E-state index contributed by atoms with van der Waals surface area (Å²) in [5, 5.41) is 0. The van der Waals surface area contributed by atoms with Gasteiger partial charge in [0.2, 0.25) is 0 Å². The highest BCUT2D eigenvalue weighted by Crippen LogP contribution is 2.29. The van der Waals surface area contributed by atoms with Crippen molar-refractivity contribution in [3.05, 3.63) is 88.2 Å². The second-order valence-electron chi connectivity index (χ2n) is 11.4. The van der Waals surface area contributed by atoms with Gasteiger partial charge in [-0.2, -0.15) is 0 Å². The van der Waals surface area contributed by atoms with E-state index in [2.05, 4.69) is 56.5 Å². The summed E-state index contributed by atoms with van der Waals surface area (Å²) in [6, 6.07) is 18.4. The molecular formula is C36H49NO4. The smallest absolute Gasteiger partial charge is 0.305 e. The van der Waals surface area contributed by atoms with Crippen LogP contribution in [0.3, 0.4) is 0 Å². The number of aromatic nitrogens is 1. The number of unbranched alkanes of at least 4 members (excludes halogenated alkanes) is 2. The van der Waals surface area contributed by atoms with E-state index in [9.17, 15) is 9.59 Å². The SMILES string of the molecule is CCCCCC(Oc1ccc(C(=O)c2cc(CCCC(=O)OCC)n(C)c2CC)cc1)c1ccc(CC(C)C)cc1. The van der Waals surface area contributed by atoms with E-state index in [1.165, 1.54) is 24.0 Å². The Kier molecular flexibility index (Phi) is 12.7. The normalized spacial score (nSPS) is 12.0. The molecule has 1 atom stereocenters. The Morgan fingerprint density at radius 2 is 1.61 bits per heavy atom. The number of esters is 1. The molecule has 1 aromatic heterocycles. The van der Waals surface area contributed by atoms with Crippen LogP contribution in [0.25, 0.3) is 0 Å². The van der Waals surface area contributed by atoms with E-state index in [4.69, 9.17) is 9.47 Å². The van der Waals surface area contributed by atoms with Crippen LogP contribution in [0.2, 0.25) is 0 Å². The quantitative estimate of drug-likeness (QED) is 0.0944. The third-order valence-electron chi connectivity index (χ3n) is 7.62. The number of hydrogen-bond donors (Lipinski definition) is 0. The lowest BCUT2D eigenvalue weighted by molar-refractivity contribution is -0.143. The van der Waals surface area contributed by atoms with Gasteiger partial charge in [-0.1, -0.05) is 64.8 Å². The monoisotopic (exact) mass is 559 g/mol. The molecule has 0 spiro atoms. The number of ether oxygens (including phenoxy) is 2. The van der Waals surface area contributed by atoms with Crippen molar-refractivity contribution in [3.8, 4) is 5.75 Å². The molecule has 41 heavy (non-hydrogen) atoms. The Morgan fingerprint density at radius 3 is 2.22 bits per heavy atom. The van der Waals surface area contributed by atoms with Gasteiger partial charge < -0.3 is 14.0 Å². The van der Waals surface area contributed by atoms with E-state index in [1.54, 1.807) is 0 Å². The molecule has 0 amide bonds. The van der Waals surface area contributed by atoms with Crippen LogP contribution in [-0.4, -0.2) is 22.9 Å². The van der Waals surface area contributed by atoms with Gasteiger partial charge in [0.1, 0.15) is 11.9 Å². The van der Waals surface area contributed by atoms with Gasteiger partial charge in [0.05, 0.1) is 6.61 Å². The Hall–Kier alpha value is -3.34. The molecule has 0 aliphatic carbocycles. The van der Waals surface area contributed by atoms with Crippen LogP contribution in [0.15, 0.2) is 54.6 Å². The molecule has 5 nitrogen and oxygen atoms in total. The molecule has 0 aliphatic heterocycles. The van der Waals surface area contributed by atoms with Crippen molar-refractivity contribution in [2.75, 3.05) is 6.61 Å². The lowest BCUT2D eigenvalue weighted by Crippen LogP contribution is -2.09. The van der Waals surface area contributed by atoms with E-state index in [-0.39, 0.29) is 17.9 Å². The second-order valence-corrected chi connectivity index (χ2v) is 11.4. The molecular weight excluding hydrogens is 510 g/mol. The third-order valence-corrected chi connectivity index (χ3v) is 7.62. The van der Waals surface area contributed by atoms with Crippen molar-refractivity contribution in [2.45, 2.75) is 98.5 Å². The number of hydrogen-bond acceptors (Lipinski definition) is 4. The zero-order valence-corrected chi connectivity index (χ0v) is 26.0. The number of aryl methyl sites for hydroxylation is 1. The molecule has 5 heteroatoms. The summed E-state index contributed by atoms with van der Waals surface area (Å²) in [6.45, 7) is 11.0. The molecule has 1 heterocycles. The highest BCUT2D eigenvalue weighted by molar-refractivity contribution is 6.10. The zero-order valence-electron chi connectivity index (χ0n) is 26.0. The summed E-state index contributed by atoms with van der Waals surface area (Å²) in [5.41, 5.74) is 6.00. The van der Waals surface area contributed by atoms with E-state index >= 15 is 0 Å². The summed E-state index contributed by atoms with van der Waals surface area (Å²) < 4.78 is 13.7. The first-order valence-electron chi connectivity index (χ1n) is 15.5. The Morgan fingerprint density at radius 1 is 0.902 bits per heavy atom. The molecule has 0 N–H and O–H groups in total. The number of ketones is 1. The first-order chi connectivity index (χ1) is 19.8. The van der Waals surface area contributed by atoms with Crippen molar-refractivity contribution >= 4 is 11.8 Å². The fourth-order valence-electron chi connectivity index (χ4n) is 5.43. The zero-order chi connectivity index (χ0) is 29.8. The van der Waals surface area contributed by atoms with Gasteiger partial charge in [0.25, 0.3) is 0 Å². The number of rotatable bonds is 17. The third kappa shape index (κ3) is 9.34. The maximum Gasteiger partial charge on any atom is 0.305 e. The van der Waals surface area contributed by atoms with E-state index < -0.39 is 0 Å². The molecule has 222 valence electrons. The van der Waals surface area contributed by atoms with Gasteiger partial charge in [-0.15, -0.1) is 0 Å². The van der Waals surface area contributed by atoms with Gasteiger partial charge in [0.15, 0.2) is 5.78 Å². The van der Waals surface area contributed by atoms with Crippen LogP contribution < -0.4 is 4.74 Å². The molecule has 3 aromatic rings. The van der Waals surface area contributed by atoms with Crippen molar-refractivity contribution < 1.29 is 19.1 Å². The van der Waals surface area contributed by atoms with Crippen LogP contribution in [-0.2, 0) is 35.8 Å². The molecule has 0 fully saturated rings. The number of benzene rings is 2. The average Bonchev–Trinajstić information content (AvgIpc) is 3.27. The summed E-state index contributed by atoms with van der Waals surface area (Å²) in [6.07, 6.45) is 8.03. The van der Waals surface area contributed by atoms with Crippen LogP contribution in [0.1, 0.15) is 118 Å². The summed E-state index contributed by atoms with van der Waals surface area (Å²) >= 11 is 0. The summed E-state index contributed by atoms with van der Waals surface area (Å²) in [7, 11) is 2.00. The first kappa shape index (κ1) is 32.2. The van der Waals surface area contributed by atoms with Crippen LogP contribution in [0, 0.1) is 5.92 Å². The maximum absolute atomic E-state index is 13.6. The molecule has 0 saturated heterocycles. The molecule has 2 aromatic carbocycles. The Balaban J connectivity index is 1.73. The molecule has 0 bridgehead atoms. The van der Waals surface area contributed by atoms with E-state index in [0.717, 1.165) is 54.8 Å². The summed E-state index contributed by atoms with van der Waals surface area (Å²) in [5.74, 6) is 1.25. The standard InChI is InChI=1S/C36H49NO4/c1-7-10-11-14-34(28-18-16-27(17-19-28)24-26(4)5)41-31-22-20-29(21-23-31)36(39)32-25-30(37(6)33(32)8-2)13-12-15-35(38)40-9-3/h16-23,25-26,34H,7-15,24H2,1-6H3.